The smallest absolute Gasteiger partial charge is 0.226 e. The Kier molecular flexibility index (Phi) is 5.99. The number of benzene rings is 1. The Bertz CT molecular complexity index is 500. The average Bonchev–Trinajstić information content (AvgIpc) is 2.39. The maximum Gasteiger partial charge on any atom is 0.226 e. The number of terminal acetylenes is 1. The molecule has 0 radical (unpaired) electrons. The molecule has 0 saturated heterocycles. The van der Waals surface area contributed by atoms with Crippen molar-refractivity contribution in [1.29, 1.82) is 0 Å². The van der Waals surface area contributed by atoms with Crippen LogP contribution in [0, 0.1) is 17.8 Å². The molecule has 0 heterocycles. The second-order valence-electron chi connectivity index (χ2n) is 6.35. The van der Waals surface area contributed by atoms with Crippen LogP contribution in [0.2, 0.25) is 0 Å². The normalized spacial score (nSPS) is 14.3. The van der Waals surface area contributed by atoms with Gasteiger partial charge < -0.3 is 10.2 Å². The molecule has 3 nitrogen and oxygen atoms in total. The highest BCUT2D eigenvalue weighted by Crippen LogP contribution is 2.24. The minimum absolute atomic E-state index is 0.00395. The van der Waals surface area contributed by atoms with Crippen LogP contribution < -0.4 is 5.32 Å². The fourth-order valence-electron chi connectivity index (χ4n) is 2.50. The third-order valence-electron chi connectivity index (χ3n) is 3.69. The summed E-state index contributed by atoms with van der Waals surface area (Å²) in [5, 5.41) is 3.11. The van der Waals surface area contributed by atoms with Gasteiger partial charge >= 0.3 is 0 Å². The molecule has 0 bridgehead atoms. The van der Waals surface area contributed by atoms with E-state index in [1.165, 1.54) is 5.56 Å². The lowest BCUT2D eigenvalue weighted by molar-refractivity contribution is -0.130. The number of likely N-dealkylation sites (N-methyl/N-ethyl adjacent to an activating group) is 1. The molecule has 0 saturated carbocycles. The predicted octanol–water partition coefficient (Wildman–Crippen LogP) is 2.84. The number of hydrogen-bond donors (Lipinski definition) is 1. The van der Waals surface area contributed by atoms with Crippen molar-refractivity contribution in [3.8, 4) is 12.3 Å². The van der Waals surface area contributed by atoms with E-state index in [4.69, 9.17) is 6.42 Å². The molecular weight excluding hydrogens is 260 g/mol. The standard InChI is InChI=1S/C18H26N2O/c1-7-13-18(3,4)17(21)19-14(2)16(20(5)6)15-11-9-8-10-12-15/h1,8-12,14,16H,13H2,2-6H3,(H,19,21)/t14-,16-/m0/s1. The molecule has 0 aliphatic heterocycles. The van der Waals surface area contributed by atoms with Gasteiger partial charge in [0.25, 0.3) is 0 Å². The number of nitrogens with zero attached hydrogens (tertiary/aromatic N) is 1. The molecule has 0 unspecified atom stereocenters. The van der Waals surface area contributed by atoms with Crippen molar-refractivity contribution in [1.82, 2.24) is 10.2 Å². The molecule has 0 fully saturated rings. The first kappa shape index (κ1) is 17.3. The number of amides is 1. The van der Waals surface area contributed by atoms with Crippen LogP contribution in [0.25, 0.3) is 0 Å². The van der Waals surface area contributed by atoms with Crippen molar-refractivity contribution in [2.45, 2.75) is 39.3 Å². The topological polar surface area (TPSA) is 32.3 Å². The van der Waals surface area contributed by atoms with E-state index in [0.717, 1.165) is 0 Å². The number of rotatable bonds is 6. The second kappa shape index (κ2) is 7.28. The monoisotopic (exact) mass is 286 g/mol. The van der Waals surface area contributed by atoms with Crippen molar-refractivity contribution < 1.29 is 4.79 Å². The van der Waals surface area contributed by atoms with E-state index in [-0.39, 0.29) is 18.0 Å². The van der Waals surface area contributed by atoms with Gasteiger partial charge in [-0.05, 0) is 26.6 Å². The maximum atomic E-state index is 12.4. The lowest BCUT2D eigenvalue weighted by Gasteiger charge is -2.33. The molecular formula is C18H26N2O. The van der Waals surface area contributed by atoms with Gasteiger partial charge in [0.05, 0.1) is 11.5 Å². The Morgan fingerprint density at radius 2 is 1.90 bits per heavy atom. The van der Waals surface area contributed by atoms with Gasteiger partial charge in [-0.25, -0.2) is 0 Å². The number of carbonyl (C=O) groups is 1. The molecule has 3 heteroatoms. The summed E-state index contributed by atoms with van der Waals surface area (Å²) in [4.78, 5) is 14.5. The van der Waals surface area contributed by atoms with E-state index in [0.29, 0.717) is 6.42 Å². The van der Waals surface area contributed by atoms with Crippen LogP contribution >= 0.6 is 0 Å². The largest absolute Gasteiger partial charge is 0.351 e. The summed E-state index contributed by atoms with van der Waals surface area (Å²) >= 11 is 0. The Balaban J connectivity index is 2.87. The Morgan fingerprint density at radius 3 is 2.38 bits per heavy atom. The summed E-state index contributed by atoms with van der Waals surface area (Å²) < 4.78 is 0. The van der Waals surface area contributed by atoms with Crippen molar-refractivity contribution in [2.75, 3.05) is 14.1 Å². The van der Waals surface area contributed by atoms with Gasteiger partial charge in [-0.2, -0.15) is 0 Å². The molecule has 0 aliphatic carbocycles. The molecule has 0 aliphatic rings. The zero-order valence-corrected chi connectivity index (χ0v) is 13.7. The minimum Gasteiger partial charge on any atom is -0.351 e. The Hall–Kier alpha value is -1.79. The average molecular weight is 286 g/mol. The summed E-state index contributed by atoms with van der Waals surface area (Å²) in [7, 11) is 4.04. The number of nitrogens with one attached hydrogen (secondary N) is 1. The van der Waals surface area contributed by atoms with E-state index >= 15 is 0 Å². The van der Waals surface area contributed by atoms with Gasteiger partial charge in [-0.3, -0.25) is 4.79 Å². The van der Waals surface area contributed by atoms with E-state index in [1.807, 2.05) is 53.1 Å². The lowest BCUT2D eigenvalue weighted by atomic mass is 9.88. The van der Waals surface area contributed by atoms with E-state index in [9.17, 15) is 4.79 Å². The molecule has 114 valence electrons. The van der Waals surface area contributed by atoms with Crippen LogP contribution in [0.5, 0.6) is 0 Å². The molecule has 21 heavy (non-hydrogen) atoms. The van der Waals surface area contributed by atoms with E-state index in [1.54, 1.807) is 0 Å². The van der Waals surface area contributed by atoms with Crippen LogP contribution in [0.1, 0.15) is 38.8 Å². The van der Waals surface area contributed by atoms with Crippen LogP contribution in [0.3, 0.4) is 0 Å². The Morgan fingerprint density at radius 1 is 1.33 bits per heavy atom. The van der Waals surface area contributed by atoms with Crippen LogP contribution in [0.4, 0.5) is 0 Å². The van der Waals surface area contributed by atoms with Crippen molar-refractivity contribution in [2.24, 2.45) is 5.41 Å². The molecule has 0 spiro atoms. The van der Waals surface area contributed by atoms with Crippen molar-refractivity contribution >= 4 is 5.91 Å². The first-order valence-electron chi connectivity index (χ1n) is 7.25. The molecule has 1 aromatic rings. The second-order valence-corrected chi connectivity index (χ2v) is 6.35. The summed E-state index contributed by atoms with van der Waals surface area (Å²) in [5.41, 5.74) is 0.640. The first-order valence-corrected chi connectivity index (χ1v) is 7.25. The zero-order chi connectivity index (χ0) is 16.0. The van der Waals surface area contributed by atoms with Crippen molar-refractivity contribution in [3.05, 3.63) is 35.9 Å². The quantitative estimate of drug-likeness (QED) is 0.816. The summed E-state index contributed by atoms with van der Waals surface area (Å²) in [6.07, 6.45) is 5.78. The molecule has 2 atom stereocenters. The van der Waals surface area contributed by atoms with Gasteiger partial charge in [0.1, 0.15) is 0 Å². The minimum atomic E-state index is -0.545. The SMILES string of the molecule is C#CCC(C)(C)C(=O)N[C@@H](C)[C@@H](c1ccccc1)N(C)C. The van der Waals surface area contributed by atoms with Crippen LogP contribution in [-0.4, -0.2) is 30.9 Å². The molecule has 1 amide bonds. The number of carbonyl (C=O) groups excluding carboxylic acids is 1. The predicted molar refractivity (Wildman–Crippen MR) is 87.7 cm³/mol. The zero-order valence-electron chi connectivity index (χ0n) is 13.7. The highest BCUT2D eigenvalue weighted by atomic mass is 16.2. The van der Waals surface area contributed by atoms with Gasteiger partial charge in [0, 0.05) is 12.5 Å². The third kappa shape index (κ3) is 4.61. The van der Waals surface area contributed by atoms with Crippen molar-refractivity contribution in [3.63, 3.8) is 0 Å². The summed E-state index contributed by atoms with van der Waals surface area (Å²) in [5.74, 6) is 2.57. The maximum absolute atomic E-state index is 12.4. The fourth-order valence-corrected chi connectivity index (χ4v) is 2.50. The van der Waals surface area contributed by atoms with Gasteiger partial charge in [-0.1, -0.05) is 44.2 Å². The molecule has 0 aromatic heterocycles. The van der Waals surface area contributed by atoms with Gasteiger partial charge in [0.2, 0.25) is 5.91 Å². The molecule has 1 rings (SSSR count). The van der Waals surface area contributed by atoms with Crippen LogP contribution in [0.15, 0.2) is 30.3 Å². The van der Waals surface area contributed by atoms with Crippen LogP contribution in [-0.2, 0) is 4.79 Å². The molecule has 1 N–H and O–H groups in total. The first-order chi connectivity index (χ1) is 9.79. The van der Waals surface area contributed by atoms with Gasteiger partial charge in [-0.15, -0.1) is 12.3 Å². The third-order valence-corrected chi connectivity index (χ3v) is 3.69. The number of hydrogen-bond acceptors (Lipinski definition) is 2. The van der Waals surface area contributed by atoms with Gasteiger partial charge in [0.15, 0.2) is 0 Å². The highest BCUT2D eigenvalue weighted by Gasteiger charge is 2.30. The summed E-state index contributed by atoms with van der Waals surface area (Å²) in [6.45, 7) is 5.78. The fraction of sp³-hybridized carbons (Fsp3) is 0.500. The van der Waals surface area contributed by atoms with E-state index < -0.39 is 5.41 Å². The Labute approximate surface area is 128 Å². The summed E-state index contributed by atoms with van der Waals surface area (Å²) in [6, 6.07) is 10.3. The lowest BCUT2D eigenvalue weighted by Crippen LogP contribution is -2.47. The molecule has 1 aromatic carbocycles. The van der Waals surface area contributed by atoms with E-state index in [2.05, 4.69) is 28.3 Å². The highest BCUT2D eigenvalue weighted by molar-refractivity contribution is 5.82.